The van der Waals surface area contributed by atoms with Gasteiger partial charge in [0.05, 0.1) is 24.6 Å². The maximum atomic E-state index is 13.3. The topological polar surface area (TPSA) is 85.7 Å². The number of nitrogens with zero attached hydrogens (tertiary/aromatic N) is 3. The summed E-state index contributed by atoms with van der Waals surface area (Å²) in [6.07, 6.45) is 3.23. The van der Waals surface area contributed by atoms with Gasteiger partial charge in [0.1, 0.15) is 5.82 Å². The van der Waals surface area contributed by atoms with E-state index < -0.39 is 10.0 Å². The van der Waals surface area contributed by atoms with E-state index in [4.69, 9.17) is 9.47 Å². The molecular weight excluding hydrogens is 416 g/mol. The number of ether oxygens (including phenoxy) is 2. The number of halogens is 1. The van der Waals surface area contributed by atoms with Crippen LogP contribution >= 0.6 is 12.4 Å². The minimum atomic E-state index is -3.80. The smallest absolute Gasteiger partial charge is 0.268 e. The van der Waals surface area contributed by atoms with Crippen LogP contribution < -0.4 is 19.7 Å². The van der Waals surface area contributed by atoms with E-state index in [1.54, 1.807) is 30.6 Å². The van der Waals surface area contributed by atoms with Gasteiger partial charge >= 0.3 is 0 Å². The first kappa shape index (κ1) is 21.2. The van der Waals surface area contributed by atoms with Crippen molar-refractivity contribution >= 4 is 39.2 Å². The van der Waals surface area contributed by atoms with E-state index in [1.807, 2.05) is 0 Å². The molecule has 1 aliphatic rings. The number of nitrogens with one attached hydrogen (secondary N) is 1. The molecule has 0 atom stereocenters. The average molecular weight is 439 g/mol. The maximum absolute atomic E-state index is 13.3. The Labute approximate surface area is 175 Å². The number of piperazine rings is 1. The van der Waals surface area contributed by atoms with Gasteiger partial charge in [-0.25, -0.2) is 17.4 Å². The van der Waals surface area contributed by atoms with Crippen molar-refractivity contribution < 1.29 is 17.9 Å². The van der Waals surface area contributed by atoms with Crippen LogP contribution in [0.5, 0.6) is 11.5 Å². The Hall–Kier alpha value is -2.49. The number of benzene rings is 1. The second-order valence-electron chi connectivity index (χ2n) is 6.44. The highest BCUT2D eigenvalue weighted by molar-refractivity contribution is 7.90. The summed E-state index contributed by atoms with van der Waals surface area (Å²) >= 11 is 0. The molecule has 0 unspecified atom stereocenters. The first-order valence-electron chi connectivity index (χ1n) is 8.95. The highest BCUT2D eigenvalue weighted by Crippen LogP contribution is 2.32. The summed E-state index contributed by atoms with van der Waals surface area (Å²) in [6, 6.07) is 8.10. The van der Waals surface area contributed by atoms with Gasteiger partial charge in [0, 0.05) is 50.0 Å². The fourth-order valence-electron chi connectivity index (χ4n) is 3.46. The molecule has 10 heteroatoms. The highest BCUT2D eigenvalue weighted by atomic mass is 35.5. The van der Waals surface area contributed by atoms with Crippen molar-refractivity contribution in [2.45, 2.75) is 4.90 Å². The fourth-order valence-corrected chi connectivity index (χ4v) is 4.82. The third-order valence-electron chi connectivity index (χ3n) is 4.89. The predicted molar refractivity (Wildman–Crippen MR) is 114 cm³/mol. The molecule has 1 aliphatic heterocycles. The molecule has 0 amide bonds. The Bertz CT molecular complexity index is 1110. The minimum absolute atomic E-state index is 0. The lowest BCUT2D eigenvalue weighted by Crippen LogP contribution is -2.43. The lowest BCUT2D eigenvalue weighted by Gasteiger charge is -2.28. The molecular formula is C19H23ClN4O4S. The fraction of sp³-hybridized carbons (Fsp3) is 0.316. The molecule has 0 radical (unpaired) electrons. The molecule has 2 aromatic heterocycles. The van der Waals surface area contributed by atoms with Crippen LogP contribution in [0, 0.1) is 0 Å². The van der Waals surface area contributed by atoms with E-state index in [1.165, 1.54) is 30.3 Å². The minimum Gasteiger partial charge on any atom is -0.493 e. The average Bonchev–Trinajstić information content (AvgIpc) is 3.19. The highest BCUT2D eigenvalue weighted by Gasteiger charge is 2.23. The van der Waals surface area contributed by atoms with Crippen LogP contribution in [0.3, 0.4) is 0 Å². The van der Waals surface area contributed by atoms with Gasteiger partial charge < -0.3 is 19.7 Å². The van der Waals surface area contributed by atoms with Gasteiger partial charge in [-0.1, -0.05) is 0 Å². The van der Waals surface area contributed by atoms with E-state index in [9.17, 15) is 8.42 Å². The summed E-state index contributed by atoms with van der Waals surface area (Å²) in [5.74, 6) is 1.65. The van der Waals surface area contributed by atoms with Crippen molar-refractivity contribution in [2.75, 3.05) is 45.3 Å². The molecule has 1 N–H and O–H groups in total. The largest absolute Gasteiger partial charge is 0.493 e. The Kier molecular flexibility index (Phi) is 6.21. The standard InChI is InChI=1S/C19H22N4O4S.ClH/c1-26-17-4-3-14(13-18(17)27-2)28(24,25)23-10-6-15-16(23)5-7-21-19(15)22-11-8-20-9-12-22;/h3-7,10,13,20H,8-9,11-12H2,1-2H3;1H. The molecule has 1 saturated heterocycles. The van der Waals surface area contributed by atoms with Gasteiger partial charge in [-0.2, -0.15) is 0 Å². The molecule has 0 bridgehead atoms. The van der Waals surface area contributed by atoms with Crippen LogP contribution in [0.25, 0.3) is 10.9 Å². The number of anilines is 1. The second-order valence-corrected chi connectivity index (χ2v) is 8.25. The van der Waals surface area contributed by atoms with E-state index in [2.05, 4.69) is 15.2 Å². The number of hydrogen-bond donors (Lipinski definition) is 1. The molecule has 1 aromatic carbocycles. The first-order valence-corrected chi connectivity index (χ1v) is 10.4. The number of hydrogen-bond acceptors (Lipinski definition) is 7. The van der Waals surface area contributed by atoms with E-state index in [0.717, 1.165) is 37.4 Å². The summed E-state index contributed by atoms with van der Waals surface area (Å²) in [5, 5.41) is 4.12. The van der Waals surface area contributed by atoms with Gasteiger partial charge in [0.2, 0.25) is 0 Å². The van der Waals surface area contributed by atoms with Crippen LogP contribution in [0.2, 0.25) is 0 Å². The van der Waals surface area contributed by atoms with E-state index >= 15 is 0 Å². The summed E-state index contributed by atoms with van der Waals surface area (Å²) in [4.78, 5) is 6.80. The molecule has 0 aliphatic carbocycles. The SMILES string of the molecule is COc1ccc(S(=O)(=O)n2ccc3c(N4CCNCC4)nccc32)cc1OC.Cl. The summed E-state index contributed by atoms with van der Waals surface area (Å²) in [7, 11) is -0.818. The Morgan fingerprint density at radius 3 is 2.45 bits per heavy atom. The molecule has 8 nitrogen and oxygen atoms in total. The zero-order valence-corrected chi connectivity index (χ0v) is 17.8. The number of pyridine rings is 1. The summed E-state index contributed by atoms with van der Waals surface area (Å²) in [5.41, 5.74) is 0.596. The van der Waals surface area contributed by atoms with Gasteiger partial charge in [-0.15, -0.1) is 12.4 Å². The third kappa shape index (κ3) is 3.73. The predicted octanol–water partition coefficient (Wildman–Crippen LogP) is 2.12. The Balaban J connectivity index is 0.00000240. The summed E-state index contributed by atoms with van der Waals surface area (Å²) in [6.45, 7) is 3.42. The van der Waals surface area contributed by atoms with Crippen LogP contribution in [-0.4, -0.2) is 57.8 Å². The number of aromatic nitrogens is 2. The van der Waals surface area contributed by atoms with Crippen molar-refractivity contribution in [1.29, 1.82) is 0 Å². The molecule has 0 saturated carbocycles. The molecule has 0 spiro atoms. The van der Waals surface area contributed by atoms with Crippen LogP contribution in [0.15, 0.2) is 47.6 Å². The Morgan fingerprint density at radius 2 is 1.76 bits per heavy atom. The molecule has 1 fully saturated rings. The molecule has 4 rings (SSSR count). The van der Waals surface area contributed by atoms with Gasteiger partial charge in [0.15, 0.2) is 11.5 Å². The van der Waals surface area contributed by atoms with Crippen molar-refractivity contribution in [1.82, 2.24) is 14.3 Å². The zero-order valence-electron chi connectivity index (χ0n) is 16.2. The normalized spacial score (nSPS) is 14.5. The van der Waals surface area contributed by atoms with Gasteiger partial charge in [0.25, 0.3) is 10.0 Å². The van der Waals surface area contributed by atoms with Crippen LogP contribution in [0.4, 0.5) is 5.82 Å². The van der Waals surface area contributed by atoms with Crippen molar-refractivity contribution in [2.24, 2.45) is 0 Å². The van der Waals surface area contributed by atoms with Crippen molar-refractivity contribution in [3.05, 3.63) is 42.7 Å². The summed E-state index contributed by atoms with van der Waals surface area (Å²) < 4.78 is 38.3. The molecule has 29 heavy (non-hydrogen) atoms. The lowest BCUT2D eigenvalue weighted by molar-refractivity contribution is 0.354. The zero-order chi connectivity index (χ0) is 19.7. The van der Waals surface area contributed by atoms with Crippen molar-refractivity contribution in [3.8, 4) is 11.5 Å². The Morgan fingerprint density at radius 1 is 1.03 bits per heavy atom. The number of methoxy groups -OCH3 is 2. The first-order chi connectivity index (χ1) is 13.6. The number of rotatable bonds is 5. The molecule has 156 valence electrons. The van der Waals surface area contributed by atoms with Gasteiger partial charge in [-0.3, -0.25) is 0 Å². The molecule has 3 heterocycles. The lowest BCUT2D eigenvalue weighted by atomic mass is 10.2. The van der Waals surface area contributed by atoms with Gasteiger partial charge in [-0.05, 0) is 24.3 Å². The molecule has 3 aromatic rings. The monoisotopic (exact) mass is 438 g/mol. The maximum Gasteiger partial charge on any atom is 0.268 e. The van der Waals surface area contributed by atoms with Crippen LogP contribution in [-0.2, 0) is 10.0 Å². The van der Waals surface area contributed by atoms with E-state index in [0.29, 0.717) is 17.0 Å². The second kappa shape index (κ2) is 8.48. The van der Waals surface area contributed by atoms with Crippen molar-refractivity contribution in [3.63, 3.8) is 0 Å². The van der Waals surface area contributed by atoms with E-state index in [-0.39, 0.29) is 17.3 Å². The number of fused-ring (bicyclic) bond motifs is 1. The third-order valence-corrected chi connectivity index (χ3v) is 6.57. The van der Waals surface area contributed by atoms with Crippen LogP contribution in [0.1, 0.15) is 0 Å². The quantitative estimate of drug-likeness (QED) is 0.653.